The number of nitrogens with zero attached hydrogens (tertiary/aromatic N) is 3. The Bertz CT molecular complexity index is 1180. The number of hydrogen-bond donors (Lipinski definition) is 6. The van der Waals surface area contributed by atoms with Crippen LogP contribution in [0.4, 0.5) is 0 Å². The average molecular weight is 618 g/mol. The number of hydrogen-bond acceptors (Lipinski definition) is 9. The van der Waals surface area contributed by atoms with Gasteiger partial charge in [0, 0.05) is 25.0 Å². The molecule has 6 N–H and O–H groups in total. The van der Waals surface area contributed by atoms with Crippen LogP contribution in [0.3, 0.4) is 0 Å². The van der Waals surface area contributed by atoms with Gasteiger partial charge in [-0.3, -0.25) is 29.0 Å². The highest BCUT2D eigenvalue weighted by Crippen LogP contribution is 2.32. The maximum Gasteiger partial charge on any atom is 0.282 e. The number of rotatable bonds is 14. The fourth-order valence-electron chi connectivity index (χ4n) is 5.42. The molecule has 1 aromatic rings. The fraction of sp³-hybridized carbons (Fsp3) is 0.700. The molecule has 0 bridgehead atoms. The molecule has 2 aliphatic rings. The maximum atomic E-state index is 14.1. The van der Waals surface area contributed by atoms with Crippen molar-refractivity contribution in [1.82, 2.24) is 36.1 Å². The Labute approximate surface area is 258 Å². The zero-order chi connectivity index (χ0) is 32.7. The van der Waals surface area contributed by atoms with Crippen LogP contribution in [0.25, 0.3) is 0 Å². The summed E-state index contributed by atoms with van der Waals surface area (Å²) in [5.41, 5.74) is -0.722. The van der Waals surface area contributed by atoms with Gasteiger partial charge < -0.3 is 36.4 Å². The second kappa shape index (κ2) is 14.9. The van der Waals surface area contributed by atoms with Crippen LogP contribution < -0.4 is 21.3 Å². The van der Waals surface area contributed by atoms with Crippen molar-refractivity contribution in [2.24, 2.45) is 11.3 Å². The van der Waals surface area contributed by atoms with Crippen molar-refractivity contribution in [3.8, 4) is 0 Å². The van der Waals surface area contributed by atoms with Crippen molar-refractivity contribution < 1.29 is 34.2 Å². The molecule has 4 atom stereocenters. The van der Waals surface area contributed by atoms with Crippen molar-refractivity contribution in [2.45, 2.75) is 110 Å². The minimum Gasteiger partial charge on any atom is -0.357 e. The zero-order valence-electron chi connectivity index (χ0n) is 26.3. The van der Waals surface area contributed by atoms with Gasteiger partial charge in [-0.05, 0) is 43.4 Å². The summed E-state index contributed by atoms with van der Waals surface area (Å²) in [6.45, 7) is 8.97. The number of likely N-dealkylation sites (tertiary alicyclic amines) is 1. The topological polar surface area (TPSA) is 203 Å². The summed E-state index contributed by atoms with van der Waals surface area (Å²) in [5, 5.41) is 32.1. The maximum absolute atomic E-state index is 14.1. The van der Waals surface area contributed by atoms with Gasteiger partial charge in [0.05, 0.1) is 18.8 Å². The molecule has 0 radical (unpaired) electrons. The summed E-state index contributed by atoms with van der Waals surface area (Å²) < 4.78 is 0. The van der Waals surface area contributed by atoms with Gasteiger partial charge in [-0.1, -0.05) is 47.5 Å². The first-order chi connectivity index (χ1) is 20.7. The van der Waals surface area contributed by atoms with E-state index in [0.29, 0.717) is 19.3 Å². The predicted octanol–water partition coefficient (Wildman–Crippen LogP) is -0.00110. The highest BCUT2D eigenvalue weighted by molar-refractivity contribution is 5.96. The smallest absolute Gasteiger partial charge is 0.282 e. The van der Waals surface area contributed by atoms with Gasteiger partial charge >= 0.3 is 0 Å². The van der Waals surface area contributed by atoms with Gasteiger partial charge in [0.2, 0.25) is 17.7 Å². The van der Waals surface area contributed by atoms with Crippen LogP contribution in [0.2, 0.25) is 0 Å². The molecule has 0 aromatic carbocycles. The third kappa shape index (κ3) is 8.94. The lowest BCUT2D eigenvalue weighted by Gasteiger charge is -2.37. The molecule has 14 nitrogen and oxygen atoms in total. The molecule has 1 aliphatic carbocycles. The lowest BCUT2D eigenvalue weighted by Crippen LogP contribution is -2.64. The monoisotopic (exact) mass is 617 g/mol. The second-order valence-corrected chi connectivity index (χ2v) is 12.8. The van der Waals surface area contributed by atoms with Gasteiger partial charge in [0.1, 0.15) is 17.8 Å². The molecule has 1 aromatic heterocycles. The molecule has 1 aliphatic heterocycles. The first-order valence-corrected chi connectivity index (χ1v) is 15.4. The minimum absolute atomic E-state index is 0.0396. The van der Waals surface area contributed by atoms with E-state index >= 15 is 0 Å². The van der Waals surface area contributed by atoms with Crippen LogP contribution in [-0.2, 0) is 19.2 Å². The van der Waals surface area contributed by atoms with Crippen molar-refractivity contribution >= 4 is 29.5 Å². The Morgan fingerprint density at radius 2 is 1.73 bits per heavy atom. The molecule has 1 saturated carbocycles. The zero-order valence-corrected chi connectivity index (χ0v) is 26.3. The van der Waals surface area contributed by atoms with E-state index in [1.54, 1.807) is 27.7 Å². The Hall–Kier alpha value is -3.65. The summed E-state index contributed by atoms with van der Waals surface area (Å²) in [6, 6.07) is -3.39. The first-order valence-electron chi connectivity index (χ1n) is 15.4. The number of carbonyl (C=O) groups excluding carboxylic acids is 5. The molecule has 5 amide bonds. The van der Waals surface area contributed by atoms with E-state index in [1.807, 2.05) is 6.92 Å². The molecule has 3 rings (SSSR count). The number of amides is 5. The number of aromatic nitrogens is 2. The van der Waals surface area contributed by atoms with E-state index < -0.39 is 65.4 Å². The molecule has 0 spiro atoms. The number of nitrogens with one attached hydrogen (secondary N) is 4. The van der Waals surface area contributed by atoms with Crippen LogP contribution in [0, 0.1) is 11.3 Å². The van der Waals surface area contributed by atoms with Crippen molar-refractivity contribution in [2.75, 3.05) is 13.1 Å². The Balaban J connectivity index is 1.77. The quantitative estimate of drug-likeness (QED) is 0.155. The third-order valence-corrected chi connectivity index (χ3v) is 7.98. The fourth-order valence-corrected chi connectivity index (χ4v) is 5.42. The SMILES string of the molecule is CCC[C@H]1CCN(C(=O)C(NC(=O)CNC(=O)c2cnccn2)C(C)(C)C)C1C(=O)N[C@@H](CCC)C(O)(O)C(=O)NC1CC1. The van der Waals surface area contributed by atoms with E-state index in [2.05, 4.69) is 31.2 Å². The van der Waals surface area contributed by atoms with Crippen LogP contribution in [0.1, 0.15) is 90.1 Å². The summed E-state index contributed by atoms with van der Waals surface area (Å²) in [4.78, 5) is 74.9. The molecule has 2 heterocycles. The van der Waals surface area contributed by atoms with Crippen molar-refractivity contribution in [1.29, 1.82) is 0 Å². The lowest BCUT2D eigenvalue weighted by atomic mass is 9.85. The highest BCUT2D eigenvalue weighted by atomic mass is 16.5. The van der Waals surface area contributed by atoms with E-state index in [0.717, 1.165) is 19.3 Å². The van der Waals surface area contributed by atoms with E-state index in [-0.39, 0.29) is 30.6 Å². The van der Waals surface area contributed by atoms with E-state index in [1.165, 1.54) is 23.5 Å². The molecule has 1 saturated heterocycles. The number of aliphatic hydroxyl groups is 2. The van der Waals surface area contributed by atoms with Crippen molar-refractivity contribution in [3.05, 3.63) is 24.3 Å². The second-order valence-electron chi connectivity index (χ2n) is 12.8. The summed E-state index contributed by atoms with van der Waals surface area (Å²) in [6.07, 6.45) is 8.07. The van der Waals surface area contributed by atoms with Gasteiger partial charge in [-0.2, -0.15) is 0 Å². The number of carbonyl (C=O) groups is 5. The summed E-state index contributed by atoms with van der Waals surface area (Å²) >= 11 is 0. The van der Waals surface area contributed by atoms with Gasteiger partial charge in [0.15, 0.2) is 0 Å². The molecular formula is C30H47N7O7. The van der Waals surface area contributed by atoms with Gasteiger partial charge in [-0.15, -0.1) is 0 Å². The molecule has 244 valence electrons. The Kier molecular flexibility index (Phi) is 11.8. The van der Waals surface area contributed by atoms with Gasteiger partial charge in [0.25, 0.3) is 17.6 Å². The van der Waals surface area contributed by atoms with Crippen LogP contribution in [0.15, 0.2) is 18.6 Å². The summed E-state index contributed by atoms with van der Waals surface area (Å²) in [5.74, 6) is -6.26. The van der Waals surface area contributed by atoms with Crippen LogP contribution in [0.5, 0.6) is 0 Å². The average Bonchev–Trinajstić information content (AvgIpc) is 3.69. The normalized spacial score (nSPS) is 19.9. The Morgan fingerprint density at radius 3 is 2.30 bits per heavy atom. The first kappa shape index (κ1) is 34.8. The lowest BCUT2D eigenvalue weighted by molar-refractivity contribution is -0.198. The van der Waals surface area contributed by atoms with E-state index in [4.69, 9.17) is 0 Å². The largest absolute Gasteiger partial charge is 0.357 e. The predicted molar refractivity (Wildman–Crippen MR) is 159 cm³/mol. The Morgan fingerprint density at radius 1 is 1.02 bits per heavy atom. The molecule has 44 heavy (non-hydrogen) atoms. The third-order valence-electron chi connectivity index (χ3n) is 7.98. The molecule has 14 heteroatoms. The van der Waals surface area contributed by atoms with Crippen LogP contribution in [-0.4, -0.2) is 97.7 Å². The minimum atomic E-state index is -2.83. The van der Waals surface area contributed by atoms with Crippen LogP contribution >= 0.6 is 0 Å². The highest BCUT2D eigenvalue weighted by Gasteiger charge is 2.49. The molecule has 2 fully saturated rings. The molecular weight excluding hydrogens is 570 g/mol. The summed E-state index contributed by atoms with van der Waals surface area (Å²) in [7, 11) is 0. The standard InChI is InChI=1S/C30H47N7O7/c1-6-8-18-12-15-37(23(18)26(40)35-21(9-7-2)30(43,44)28(42)34-19-10-11-19)27(41)24(29(3,4)5)36-22(38)17-33-25(39)20-16-31-13-14-32-20/h13-14,16,18-19,21,23-24,43-44H,6-12,15,17H2,1-5H3,(H,33,39)(H,34,42)(H,35,40)(H,36,38)/t18-,21-,23?,24?/m0/s1. The van der Waals surface area contributed by atoms with Crippen molar-refractivity contribution in [3.63, 3.8) is 0 Å². The van der Waals surface area contributed by atoms with Gasteiger partial charge in [-0.25, -0.2) is 4.98 Å². The molecule has 2 unspecified atom stereocenters. The van der Waals surface area contributed by atoms with E-state index in [9.17, 15) is 34.2 Å².